The van der Waals surface area contributed by atoms with Gasteiger partial charge in [-0.1, -0.05) is 0 Å². The van der Waals surface area contributed by atoms with Gasteiger partial charge in [-0.2, -0.15) is 27.2 Å². The fourth-order valence-electron chi connectivity index (χ4n) is 3.47. The molecule has 0 amide bonds. The topological polar surface area (TPSA) is 122 Å². The van der Waals surface area contributed by atoms with Crippen LogP contribution < -0.4 is 11.2 Å². The van der Waals surface area contributed by atoms with Gasteiger partial charge < -0.3 is 4.98 Å². The molecule has 0 spiro atoms. The number of imidazole rings is 1. The summed E-state index contributed by atoms with van der Waals surface area (Å²) < 4.78 is 53.3. The van der Waals surface area contributed by atoms with Gasteiger partial charge in [-0.25, -0.2) is 19.7 Å². The molecule has 0 radical (unpaired) electrons. The highest BCUT2D eigenvalue weighted by molar-refractivity contribution is 5.63. The molecule has 1 aliphatic rings. The predicted octanol–water partition coefficient (Wildman–Crippen LogP) is 1.99. The summed E-state index contributed by atoms with van der Waals surface area (Å²) in [6.07, 6.45) is -0.456. The molecule has 13 heteroatoms. The van der Waals surface area contributed by atoms with Gasteiger partial charge in [-0.05, 0) is 18.4 Å². The van der Waals surface area contributed by atoms with Crippen molar-refractivity contribution in [1.82, 2.24) is 34.5 Å². The predicted molar refractivity (Wildman–Crippen MR) is 96.8 cm³/mol. The minimum Gasteiger partial charge on any atom is -0.313 e. The van der Waals surface area contributed by atoms with Crippen LogP contribution in [0.1, 0.15) is 35.2 Å². The summed E-state index contributed by atoms with van der Waals surface area (Å²) >= 11 is 0. The van der Waals surface area contributed by atoms with E-state index in [1.165, 1.54) is 0 Å². The first-order valence-corrected chi connectivity index (χ1v) is 8.98. The molecule has 0 unspecified atom stereocenters. The number of fused-ring (bicyclic) bond motifs is 1. The van der Waals surface area contributed by atoms with Crippen LogP contribution in [0.3, 0.4) is 0 Å². The van der Waals surface area contributed by atoms with Crippen molar-refractivity contribution in [3.05, 3.63) is 74.6 Å². The van der Waals surface area contributed by atoms with E-state index in [4.69, 9.17) is 0 Å². The van der Waals surface area contributed by atoms with Crippen molar-refractivity contribution in [2.75, 3.05) is 0 Å². The van der Waals surface area contributed by atoms with Gasteiger partial charge in [0.1, 0.15) is 5.82 Å². The Balaban J connectivity index is 1.56. The van der Waals surface area contributed by atoms with E-state index in [9.17, 15) is 27.2 Å². The maximum atomic E-state index is 14.2. The molecule has 0 aromatic carbocycles. The zero-order valence-electron chi connectivity index (χ0n) is 15.3. The standard InChI is InChI=1S/C18H11F4N7O2/c19-13-6-25-15-10(2-12(28-29(13)15)11-5-26-17(31)27-16(11)30)8-1-9(8)14-23-3-7(4-24-14)18(20,21)22/h2-6,8-9H,1H2,(H2,26,27,30,31)/t8-,9-/m0/s1. The zero-order valence-corrected chi connectivity index (χ0v) is 15.3. The Bertz CT molecular complexity index is 1420. The monoisotopic (exact) mass is 433 g/mol. The Morgan fingerprint density at radius 2 is 1.81 bits per heavy atom. The largest absolute Gasteiger partial charge is 0.419 e. The summed E-state index contributed by atoms with van der Waals surface area (Å²) in [5.41, 5.74) is -1.51. The summed E-state index contributed by atoms with van der Waals surface area (Å²) in [7, 11) is 0. The van der Waals surface area contributed by atoms with Gasteiger partial charge in [0.25, 0.3) is 5.56 Å². The van der Waals surface area contributed by atoms with Crippen molar-refractivity contribution in [1.29, 1.82) is 0 Å². The van der Waals surface area contributed by atoms with Crippen molar-refractivity contribution in [2.45, 2.75) is 24.4 Å². The number of nitrogens with zero attached hydrogens (tertiary/aromatic N) is 5. The van der Waals surface area contributed by atoms with E-state index >= 15 is 0 Å². The molecule has 31 heavy (non-hydrogen) atoms. The molecule has 4 heterocycles. The highest BCUT2D eigenvalue weighted by atomic mass is 19.4. The van der Waals surface area contributed by atoms with Crippen LogP contribution in [-0.2, 0) is 6.18 Å². The summed E-state index contributed by atoms with van der Waals surface area (Å²) in [5, 5.41) is 4.08. The van der Waals surface area contributed by atoms with Crippen LogP contribution in [0.25, 0.3) is 16.9 Å². The molecule has 2 atom stereocenters. The third-order valence-corrected chi connectivity index (χ3v) is 5.07. The Morgan fingerprint density at radius 1 is 1.06 bits per heavy atom. The molecule has 4 aromatic rings. The highest BCUT2D eigenvalue weighted by Crippen LogP contribution is 2.54. The molecule has 2 N–H and O–H groups in total. The normalized spacial score (nSPS) is 18.5. The van der Waals surface area contributed by atoms with Crippen molar-refractivity contribution in [3.8, 4) is 11.3 Å². The third kappa shape index (κ3) is 3.27. The minimum absolute atomic E-state index is 0.0128. The number of hydrogen-bond acceptors (Lipinski definition) is 6. The molecule has 0 saturated heterocycles. The lowest BCUT2D eigenvalue weighted by atomic mass is 10.1. The summed E-state index contributed by atoms with van der Waals surface area (Å²) in [6.45, 7) is 0. The molecule has 0 aliphatic heterocycles. The third-order valence-electron chi connectivity index (χ3n) is 5.07. The van der Waals surface area contributed by atoms with E-state index in [-0.39, 0.29) is 34.6 Å². The average molecular weight is 433 g/mol. The number of alkyl halides is 3. The number of nitrogens with one attached hydrogen (secondary N) is 2. The smallest absolute Gasteiger partial charge is 0.313 e. The van der Waals surface area contributed by atoms with Gasteiger partial charge in [0.2, 0.25) is 5.95 Å². The lowest BCUT2D eigenvalue weighted by Crippen LogP contribution is -2.23. The molecular weight excluding hydrogens is 422 g/mol. The van der Waals surface area contributed by atoms with Gasteiger partial charge in [0, 0.05) is 30.1 Å². The van der Waals surface area contributed by atoms with Crippen LogP contribution in [0, 0.1) is 5.95 Å². The second-order valence-electron chi connectivity index (χ2n) is 7.06. The van der Waals surface area contributed by atoms with Crippen LogP contribution in [0.2, 0.25) is 0 Å². The van der Waals surface area contributed by atoms with Crippen LogP contribution in [0.15, 0.2) is 40.4 Å². The Hall–Kier alpha value is -3.90. The van der Waals surface area contributed by atoms with Gasteiger partial charge in [0.15, 0.2) is 5.65 Å². The van der Waals surface area contributed by atoms with Crippen molar-refractivity contribution >= 4 is 5.65 Å². The molecule has 1 aliphatic carbocycles. The highest BCUT2D eigenvalue weighted by Gasteiger charge is 2.44. The molecular formula is C18H11F4N7O2. The Kier molecular flexibility index (Phi) is 4.03. The van der Waals surface area contributed by atoms with E-state index in [1.807, 2.05) is 0 Å². The number of rotatable bonds is 3. The molecule has 5 rings (SSSR count). The van der Waals surface area contributed by atoms with Gasteiger partial charge in [0.05, 0.1) is 23.0 Å². The minimum atomic E-state index is -4.54. The fourth-order valence-corrected chi connectivity index (χ4v) is 3.47. The van der Waals surface area contributed by atoms with E-state index in [2.05, 4.69) is 30.0 Å². The van der Waals surface area contributed by atoms with Crippen LogP contribution in [0.5, 0.6) is 0 Å². The second kappa shape index (κ2) is 6.55. The lowest BCUT2D eigenvalue weighted by molar-refractivity contribution is -0.138. The molecule has 4 aromatic heterocycles. The Morgan fingerprint density at radius 3 is 2.48 bits per heavy atom. The van der Waals surface area contributed by atoms with E-state index in [0.717, 1.165) is 29.3 Å². The maximum absolute atomic E-state index is 14.2. The van der Waals surface area contributed by atoms with Gasteiger partial charge in [-0.3, -0.25) is 9.78 Å². The first-order chi connectivity index (χ1) is 14.7. The number of halogens is 4. The fraction of sp³-hybridized carbons (Fsp3) is 0.222. The quantitative estimate of drug-likeness (QED) is 0.477. The summed E-state index contributed by atoms with van der Waals surface area (Å²) in [4.78, 5) is 39.5. The van der Waals surface area contributed by atoms with E-state index < -0.39 is 28.9 Å². The van der Waals surface area contributed by atoms with Crippen LogP contribution >= 0.6 is 0 Å². The van der Waals surface area contributed by atoms with Gasteiger partial charge in [-0.15, -0.1) is 0 Å². The number of aromatic amines is 2. The SMILES string of the molecule is O=c1[nH]cc(-c2cc([C@H]3C[C@@H]3c3ncc(C(F)(F)F)cn3)c3ncc(F)n3n2)c(=O)[nH]1. The molecule has 158 valence electrons. The molecule has 1 saturated carbocycles. The van der Waals surface area contributed by atoms with E-state index in [1.54, 1.807) is 6.07 Å². The summed E-state index contributed by atoms with van der Waals surface area (Å²) in [5.74, 6) is -1.09. The Labute approximate surface area is 168 Å². The average Bonchev–Trinajstić information content (AvgIpc) is 3.43. The van der Waals surface area contributed by atoms with Crippen molar-refractivity contribution in [2.24, 2.45) is 0 Å². The summed E-state index contributed by atoms with van der Waals surface area (Å²) in [6, 6.07) is 1.54. The van der Waals surface area contributed by atoms with Crippen molar-refractivity contribution < 1.29 is 17.6 Å². The molecule has 0 bridgehead atoms. The first kappa shape index (κ1) is 19.1. The van der Waals surface area contributed by atoms with E-state index in [0.29, 0.717) is 12.0 Å². The second-order valence-corrected chi connectivity index (χ2v) is 7.06. The molecule has 9 nitrogen and oxygen atoms in total. The van der Waals surface area contributed by atoms with Crippen LogP contribution in [0.4, 0.5) is 17.6 Å². The number of H-pyrrole nitrogens is 2. The first-order valence-electron chi connectivity index (χ1n) is 8.98. The number of hydrogen-bond donors (Lipinski definition) is 2. The maximum Gasteiger partial charge on any atom is 0.419 e. The van der Waals surface area contributed by atoms with Crippen molar-refractivity contribution in [3.63, 3.8) is 0 Å². The van der Waals surface area contributed by atoms with Gasteiger partial charge >= 0.3 is 11.9 Å². The number of aromatic nitrogens is 7. The zero-order chi connectivity index (χ0) is 21.9. The lowest BCUT2D eigenvalue weighted by Gasteiger charge is -2.08. The molecule has 1 fully saturated rings. The van der Waals surface area contributed by atoms with Crippen LogP contribution in [-0.4, -0.2) is 34.5 Å².